The highest BCUT2D eigenvalue weighted by molar-refractivity contribution is 8.02. The van der Waals surface area contributed by atoms with Gasteiger partial charge in [-0.3, -0.25) is 9.59 Å². The molecule has 35 heavy (non-hydrogen) atoms. The highest BCUT2D eigenvalue weighted by atomic mass is 32.2. The fourth-order valence-corrected chi connectivity index (χ4v) is 5.68. The molecule has 17 heteroatoms. The summed E-state index contributed by atoms with van der Waals surface area (Å²) < 4.78 is 49.7. The molecule has 12 nitrogen and oxygen atoms in total. The van der Waals surface area contributed by atoms with Gasteiger partial charge >= 0.3 is 0 Å². The molecule has 1 heterocycles. The summed E-state index contributed by atoms with van der Waals surface area (Å²) in [5.41, 5.74) is 0.831. The molecule has 6 N–H and O–H groups in total. The van der Waals surface area contributed by atoms with Crippen LogP contribution in [-0.2, 0) is 29.6 Å². The summed E-state index contributed by atoms with van der Waals surface area (Å²) in [5, 5.41) is 15.7. The van der Waals surface area contributed by atoms with Crippen LogP contribution in [0.15, 0.2) is 67.8 Å². The van der Waals surface area contributed by atoms with E-state index in [1.165, 1.54) is 48.5 Å². The molecule has 3 aromatic rings. The number of primary sulfonamides is 2. The van der Waals surface area contributed by atoms with Gasteiger partial charge in [0, 0.05) is 11.4 Å². The van der Waals surface area contributed by atoms with Gasteiger partial charge in [-0.15, -0.1) is 0 Å². The zero-order valence-electron chi connectivity index (χ0n) is 17.6. The van der Waals surface area contributed by atoms with Crippen LogP contribution in [0.4, 0.5) is 11.4 Å². The molecule has 0 saturated carbocycles. The van der Waals surface area contributed by atoms with Gasteiger partial charge in [0.1, 0.15) is 0 Å². The molecule has 0 aliphatic carbocycles. The minimum absolute atomic E-state index is 0.0206. The molecular weight excluding hydrogens is 557 g/mol. The fourth-order valence-electron chi connectivity index (χ4n) is 2.42. The first kappa shape index (κ1) is 27.1. The van der Waals surface area contributed by atoms with Crippen molar-refractivity contribution < 1.29 is 26.4 Å². The van der Waals surface area contributed by atoms with Gasteiger partial charge in [-0.05, 0) is 60.1 Å². The molecule has 0 aliphatic heterocycles. The lowest BCUT2D eigenvalue weighted by Gasteiger charge is -2.05. The molecular formula is C18H18N6O6S5. The molecule has 2 amide bonds. The van der Waals surface area contributed by atoms with Crippen LogP contribution in [0.2, 0.25) is 0 Å². The van der Waals surface area contributed by atoms with Gasteiger partial charge in [0.15, 0.2) is 4.34 Å². The standard InChI is InChI=1S/C18H18N6O6S5/c19-34(27,28)13-5-1-11(2-6-13)21-15(25)9-31-17-23-18(33-24-17)32-10-16(26)22-12-3-7-14(8-4-12)35(20,29)30/h1-8H,9-10H2,(H,21,25)(H,22,26)(H2,19,27,28)(H2,20,29,30). The number of nitrogens with two attached hydrogens (primary N) is 2. The van der Waals surface area contributed by atoms with Gasteiger partial charge in [0.25, 0.3) is 0 Å². The van der Waals surface area contributed by atoms with Crippen LogP contribution in [0.5, 0.6) is 0 Å². The Morgan fingerprint density at radius 2 is 1.20 bits per heavy atom. The lowest BCUT2D eigenvalue weighted by Crippen LogP contribution is -2.15. The average molecular weight is 575 g/mol. The number of anilines is 2. The number of nitrogens with zero attached hydrogens (tertiary/aromatic N) is 2. The number of carbonyl (C=O) groups is 2. The molecule has 0 bridgehead atoms. The molecule has 0 saturated heterocycles. The Labute approximate surface area is 213 Å². The minimum atomic E-state index is -3.81. The van der Waals surface area contributed by atoms with Gasteiger partial charge in [-0.2, -0.15) is 4.37 Å². The van der Waals surface area contributed by atoms with E-state index >= 15 is 0 Å². The number of benzene rings is 2. The Morgan fingerprint density at radius 1 is 0.771 bits per heavy atom. The summed E-state index contributed by atoms with van der Waals surface area (Å²) in [6.07, 6.45) is 0. The van der Waals surface area contributed by atoms with E-state index in [-0.39, 0.29) is 33.1 Å². The Bertz CT molecular complexity index is 1320. The smallest absolute Gasteiger partial charge is 0.238 e. The molecule has 0 spiro atoms. The molecule has 0 aliphatic rings. The maximum Gasteiger partial charge on any atom is 0.238 e. The van der Waals surface area contributed by atoms with Gasteiger partial charge < -0.3 is 10.6 Å². The summed E-state index contributed by atoms with van der Waals surface area (Å²) in [6, 6.07) is 10.9. The average Bonchev–Trinajstić information content (AvgIpc) is 3.24. The molecule has 1 aromatic heterocycles. The van der Waals surface area contributed by atoms with Crippen LogP contribution in [0, 0.1) is 0 Å². The summed E-state index contributed by atoms with van der Waals surface area (Å²) >= 11 is 3.35. The zero-order chi connectivity index (χ0) is 25.6. The third-order valence-corrected chi connectivity index (χ3v) is 8.64. The number of amides is 2. The van der Waals surface area contributed by atoms with Crippen molar-refractivity contribution in [2.75, 3.05) is 22.1 Å². The molecule has 3 rings (SSSR count). The maximum absolute atomic E-state index is 12.1. The van der Waals surface area contributed by atoms with E-state index in [1.807, 2.05) is 0 Å². The highest BCUT2D eigenvalue weighted by Gasteiger charge is 2.13. The second-order valence-corrected chi connectivity index (χ2v) is 12.7. The third kappa shape index (κ3) is 8.57. The van der Waals surface area contributed by atoms with Crippen LogP contribution in [0.25, 0.3) is 0 Å². The number of hydrogen-bond acceptors (Lipinski definition) is 11. The Kier molecular flexibility index (Phi) is 8.86. The van der Waals surface area contributed by atoms with E-state index in [4.69, 9.17) is 10.3 Å². The van der Waals surface area contributed by atoms with Crippen molar-refractivity contribution in [3.05, 3.63) is 48.5 Å². The molecule has 0 atom stereocenters. The van der Waals surface area contributed by atoms with E-state index < -0.39 is 20.0 Å². The normalized spacial score (nSPS) is 11.7. The molecule has 2 aromatic carbocycles. The van der Waals surface area contributed by atoms with Crippen molar-refractivity contribution in [3.63, 3.8) is 0 Å². The lowest BCUT2D eigenvalue weighted by molar-refractivity contribution is -0.114. The number of thioether (sulfide) groups is 2. The monoisotopic (exact) mass is 574 g/mol. The van der Waals surface area contributed by atoms with E-state index in [0.717, 1.165) is 35.1 Å². The van der Waals surface area contributed by atoms with E-state index in [0.29, 0.717) is 20.9 Å². The number of carbonyl (C=O) groups excluding carboxylic acids is 2. The highest BCUT2D eigenvalue weighted by Crippen LogP contribution is 2.25. The first-order valence-corrected chi connectivity index (χ1v) is 15.2. The summed E-state index contributed by atoms with van der Waals surface area (Å²) in [4.78, 5) is 28.4. The van der Waals surface area contributed by atoms with Crippen molar-refractivity contribution in [2.24, 2.45) is 10.3 Å². The number of aromatic nitrogens is 2. The van der Waals surface area contributed by atoms with Crippen LogP contribution in [0.3, 0.4) is 0 Å². The topological polar surface area (TPSA) is 204 Å². The Hall–Kier alpha value is -2.54. The van der Waals surface area contributed by atoms with Crippen molar-refractivity contribution in [1.82, 2.24) is 9.36 Å². The van der Waals surface area contributed by atoms with Crippen molar-refractivity contribution >= 4 is 78.3 Å². The van der Waals surface area contributed by atoms with E-state index in [2.05, 4.69) is 20.0 Å². The second-order valence-electron chi connectivity index (χ2n) is 6.66. The molecule has 0 fully saturated rings. The summed E-state index contributed by atoms with van der Waals surface area (Å²) in [6.45, 7) is 0. The van der Waals surface area contributed by atoms with Gasteiger partial charge in [-0.25, -0.2) is 32.1 Å². The third-order valence-electron chi connectivity index (χ3n) is 3.98. The summed E-state index contributed by atoms with van der Waals surface area (Å²) in [7, 11) is -7.61. The first-order chi connectivity index (χ1) is 16.4. The Balaban J connectivity index is 1.43. The minimum Gasteiger partial charge on any atom is -0.325 e. The number of nitrogens with one attached hydrogen (secondary N) is 2. The van der Waals surface area contributed by atoms with E-state index in [9.17, 15) is 26.4 Å². The first-order valence-electron chi connectivity index (χ1n) is 9.35. The Morgan fingerprint density at radius 3 is 1.63 bits per heavy atom. The van der Waals surface area contributed by atoms with Crippen molar-refractivity contribution in [1.29, 1.82) is 0 Å². The zero-order valence-corrected chi connectivity index (χ0v) is 21.7. The predicted octanol–water partition coefficient (Wildman–Crippen LogP) is 1.29. The molecule has 0 radical (unpaired) electrons. The van der Waals surface area contributed by atoms with Crippen LogP contribution in [-0.4, -0.2) is 49.5 Å². The molecule has 186 valence electrons. The van der Waals surface area contributed by atoms with Gasteiger partial charge in [0.2, 0.25) is 37.0 Å². The number of hydrogen-bond donors (Lipinski definition) is 4. The van der Waals surface area contributed by atoms with Gasteiger partial charge in [0.05, 0.1) is 21.3 Å². The van der Waals surface area contributed by atoms with Crippen LogP contribution in [0.1, 0.15) is 0 Å². The fraction of sp³-hybridized carbons (Fsp3) is 0.111. The van der Waals surface area contributed by atoms with Crippen LogP contribution >= 0.6 is 35.1 Å². The quantitative estimate of drug-likeness (QED) is 0.255. The number of rotatable bonds is 10. The lowest BCUT2D eigenvalue weighted by atomic mass is 10.3. The van der Waals surface area contributed by atoms with E-state index in [1.54, 1.807) is 0 Å². The number of sulfonamides is 2. The second kappa shape index (κ2) is 11.5. The maximum atomic E-state index is 12.1. The predicted molar refractivity (Wildman–Crippen MR) is 134 cm³/mol. The van der Waals surface area contributed by atoms with Crippen molar-refractivity contribution in [2.45, 2.75) is 19.3 Å². The SMILES string of the molecule is NS(=O)(=O)c1ccc(NC(=O)CSc2nsc(SCC(=O)Nc3ccc(S(N)(=O)=O)cc3)n2)cc1. The largest absolute Gasteiger partial charge is 0.325 e. The van der Waals surface area contributed by atoms with Gasteiger partial charge in [-0.1, -0.05) is 23.5 Å². The van der Waals surface area contributed by atoms with Crippen LogP contribution < -0.4 is 20.9 Å². The summed E-state index contributed by atoms with van der Waals surface area (Å²) in [5.74, 6) is -0.594. The van der Waals surface area contributed by atoms with Crippen molar-refractivity contribution in [3.8, 4) is 0 Å². The molecule has 0 unspecified atom stereocenters.